The lowest BCUT2D eigenvalue weighted by atomic mass is 10.2. The van der Waals surface area contributed by atoms with Crippen molar-refractivity contribution in [2.75, 3.05) is 38.3 Å². The molecule has 1 fully saturated rings. The van der Waals surface area contributed by atoms with Gasteiger partial charge < -0.3 is 14.4 Å². The fourth-order valence-corrected chi connectivity index (χ4v) is 3.46. The summed E-state index contributed by atoms with van der Waals surface area (Å²) < 4.78 is 12.6. The predicted octanol–water partition coefficient (Wildman–Crippen LogP) is 3.30. The highest BCUT2D eigenvalue weighted by molar-refractivity contribution is 5.68. The molecule has 0 atom stereocenters. The van der Waals surface area contributed by atoms with Crippen LogP contribution in [0, 0.1) is 0 Å². The van der Waals surface area contributed by atoms with Crippen molar-refractivity contribution >= 4 is 11.6 Å². The van der Waals surface area contributed by atoms with E-state index in [1.807, 2.05) is 65.2 Å². The Morgan fingerprint density at radius 2 is 1.66 bits per heavy atom. The van der Waals surface area contributed by atoms with E-state index in [2.05, 4.69) is 4.90 Å². The monoisotopic (exact) mass is 387 g/mol. The van der Waals surface area contributed by atoms with Crippen LogP contribution in [0.15, 0.2) is 60.7 Å². The molecular formula is C22H21N5O2. The molecule has 0 unspecified atom stereocenters. The van der Waals surface area contributed by atoms with E-state index in [-0.39, 0.29) is 0 Å². The summed E-state index contributed by atoms with van der Waals surface area (Å²) in [6.07, 6.45) is 0. The zero-order valence-electron chi connectivity index (χ0n) is 16.2. The molecule has 3 heterocycles. The third kappa shape index (κ3) is 3.40. The maximum absolute atomic E-state index is 5.52. The number of benzene rings is 2. The Labute approximate surface area is 168 Å². The molecule has 7 heteroatoms. The van der Waals surface area contributed by atoms with E-state index in [0.29, 0.717) is 19.0 Å². The SMILES string of the molecule is COc1ccc(-c2nc(N3CCOCC3)n3nc(-c4ccccc4)cc3n2)cc1. The molecule has 1 aliphatic heterocycles. The van der Waals surface area contributed by atoms with Crippen molar-refractivity contribution in [1.29, 1.82) is 0 Å². The average Bonchev–Trinajstić information content (AvgIpc) is 3.24. The quantitative estimate of drug-likeness (QED) is 0.535. The molecule has 7 nitrogen and oxygen atoms in total. The van der Waals surface area contributed by atoms with E-state index >= 15 is 0 Å². The minimum Gasteiger partial charge on any atom is -0.497 e. The molecule has 5 rings (SSSR count). The number of hydrogen-bond acceptors (Lipinski definition) is 6. The second kappa shape index (κ2) is 7.52. The molecule has 0 saturated carbocycles. The smallest absolute Gasteiger partial charge is 0.230 e. The highest BCUT2D eigenvalue weighted by atomic mass is 16.5. The van der Waals surface area contributed by atoms with Gasteiger partial charge in [0.15, 0.2) is 11.5 Å². The van der Waals surface area contributed by atoms with E-state index in [4.69, 9.17) is 24.5 Å². The minimum atomic E-state index is 0.668. The highest BCUT2D eigenvalue weighted by Crippen LogP contribution is 2.26. The number of methoxy groups -OCH3 is 1. The summed E-state index contributed by atoms with van der Waals surface area (Å²) in [5.41, 5.74) is 3.63. The van der Waals surface area contributed by atoms with E-state index in [1.165, 1.54) is 0 Å². The Morgan fingerprint density at radius 3 is 2.38 bits per heavy atom. The number of nitrogens with zero attached hydrogens (tertiary/aromatic N) is 5. The molecular weight excluding hydrogens is 366 g/mol. The summed E-state index contributed by atoms with van der Waals surface area (Å²) >= 11 is 0. The van der Waals surface area contributed by atoms with E-state index < -0.39 is 0 Å². The lowest BCUT2D eigenvalue weighted by Crippen LogP contribution is -2.38. The maximum atomic E-state index is 5.52. The van der Waals surface area contributed by atoms with Crippen LogP contribution in [0.2, 0.25) is 0 Å². The van der Waals surface area contributed by atoms with Crippen molar-refractivity contribution in [3.63, 3.8) is 0 Å². The number of aromatic nitrogens is 4. The van der Waals surface area contributed by atoms with E-state index in [1.54, 1.807) is 7.11 Å². The van der Waals surface area contributed by atoms with Gasteiger partial charge in [-0.2, -0.15) is 14.6 Å². The van der Waals surface area contributed by atoms with Gasteiger partial charge in [-0.05, 0) is 24.3 Å². The van der Waals surface area contributed by atoms with Gasteiger partial charge in [0.25, 0.3) is 0 Å². The van der Waals surface area contributed by atoms with Crippen LogP contribution in [-0.2, 0) is 4.74 Å². The maximum Gasteiger partial charge on any atom is 0.230 e. The molecule has 0 spiro atoms. The largest absolute Gasteiger partial charge is 0.497 e. The van der Waals surface area contributed by atoms with Gasteiger partial charge in [0.1, 0.15) is 5.75 Å². The molecule has 146 valence electrons. The van der Waals surface area contributed by atoms with Crippen LogP contribution in [0.1, 0.15) is 0 Å². The first-order valence-electron chi connectivity index (χ1n) is 9.62. The zero-order chi connectivity index (χ0) is 19.6. The molecule has 2 aromatic carbocycles. The van der Waals surface area contributed by atoms with Crippen LogP contribution >= 0.6 is 0 Å². The Balaban J connectivity index is 1.66. The van der Waals surface area contributed by atoms with Gasteiger partial charge in [0.2, 0.25) is 5.95 Å². The van der Waals surface area contributed by atoms with Crippen LogP contribution in [0.5, 0.6) is 5.75 Å². The summed E-state index contributed by atoms with van der Waals surface area (Å²) in [5, 5.41) is 4.81. The van der Waals surface area contributed by atoms with Gasteiger partial charge in [-0.1, -0.05) is 30.3 Å². The van der Waals surface area contributed by atoms with Crippen molar-refractivity contribution in [2.45, 2.75) is 0 Å². The summed E-state index contributed by atoms with van der Waals surface area (Å²) in [6, 6.07) is 19.9. The topological polar surface area (TPSA) is 64.8 Å². The van der Waals surface area contributed by atoms with Crippen molar-refractivity contribution in [2.24, 2.45) is 0 Å². The standard InChI is InChI=1S/C22H21N5O2/c1-28-18-9-7-17(8-10-18)21-23-20-15-19(16-5-3-2-4-6-16)25-27(20)22(24-21)26-11-13-29-14-12-26/h2-10,15H,11-14H2,1H3. The molecule has 0 radical (unpaired) electrons. The molecule has 4 aromatic rings. The molecule has 0 amide bonds. The Bertz CT molecular complexity index is 1120. The molecule has 1 aliphatic rings. The normalized spacial score (nSPS) is 14.3. The summed E-state index contributed by atoms with van der Waals surface area (Å²) in [7, 11) is 1.66. The first kappa shape index (κ1) is 17.6. The number of rotatable bonds is 4. The van der Waals surface area contributed by atoms with Gasteiger partial charge in [0.05, 0.1) is 26.0 Å². The number of ether oxygens (including phenoxy) is 2. The Morgan fingerprint density at radius 1 is 0.897 bits per heavy atom. The van der Waals surface area contributed by atoms with Crippen molar-refractivity contribution in [1.82, 2.24) is 19.6 Å². The number of fused-ring (bicyclic) bond motifs is 1. The van der Waals surface area contributed by atoms with Crippen molar-refractivity contribution < 1.29 is 9.47 Å². The van der Waals surface area contributed by atoms with Gasteiger partial charge in [-0.15, -0.1) is 0 Å². The van der Waals surface area contributed by atoms with Crippen LogP contribution in [0.3, 0.4) is 0 Å². The lowest BCUT2D eigenvalue weighted by Gasteiger charge is -2.27. The first-order valence-corrected chi connectivity index (χ1v) is 9.62. The number of hydrogen-bond donors (Lipinski definition) is 0. The highest BCUT2D eigenvalue weighted by Gasteiger charge is 2.20. The van der Waals surface area contributed by atoms with Crippen LogP contribution in [0.4, 0.5) is 5.95 Å². The van der Waals surface area contributed by atoms with Gasteiger partial charge in [-0.3, -0.25) is 0 Å². The average molecular weight is 387 g/mol. The lowest BCUT2D eigenvalue weighted by molar-refractivity contribution is 0.122. The third-order valence-electron chi connectivity index (χ3n) is 5.02. The van der Waals surface area contributed by atoms with Gasteiger partial charge in [0, 0.05) is 30.3 Å². The molecule has 2 aromatic heterocycles. The zero-order valence-corrected chi connectivity index (χ0v) is 16.2. The Kier molecular flexibility index (Phi) is 4.57. The summed E-state index contributed by atoms with van der Waals surface area (Å²) in [4.78, 5) is 11.9. The second-order valence-corrected chi connectivity index (χ2v) is 6.84. The molecule has 1 saturated heterocycles. The molecule has 0 bridgehead atoms. The number of morpholine rings is 1. The minimum absolute atomic E-state index is 0.668. The van der Waals surface area contributed by atoms with Crippen molar-refractivity contribution in [3.8, 4) is 28.4 Å². The van der Waals surface area contributed by atoms with Crippen LogP contribution in [0.25, 0.3) is 28.3 Å². The number of anilines is 1. The third-order valence-corrected chi connectivity index (χ3v) is 5.02. The molecule has 29 heavy (non-hydrogen) atoms. The van der Waals surface area contributed by atoms with Crippen molar-refractivity contribution in [3.05, 3.63) is 60.7 Å². The fourth-order valence-electron chi connectivity index (χ4n) is 3.46. The van der Waals surface area contributed by atoms with Crippen LogP contribution < -0.4 is 9.64 Å². The molecule has 0 aliphatic carbocycles. The predicted molar refractivity (Wildman–Crippen MR) is 111 cm³/mol. The van der Waals surface area contributed by atoms with Crippen LogP contribution in [-0.4, -0.2) is 53.0 Å². The Hall–Kier alpha value is -3.45. The molecule has 0 N–H and O–H groups in total. The van der Waals surface area contributed by atoms with E-state index in [0.717, 1.165) is 47.3 Å². The first-order chi connectivity index (χ1) is 14.3. The van der Waals surface area contributed by atoms with Gasteiger partial charge >= 0.3 is 0 Å². The fraction of sp³-hybridized carbons (Fsp3) is 0.227. The van der Waals surface area contributed by atoms with Gasteiger partial charge in [-0.25, -0.2) is 4.98 Å². The second-order valence-electron chi connectivity index (χ2n) is 6.84. The summed E-state index contributed by atoms with van der Waals surface area (Å²) in [5.74, 6) is 2.26. The van der Waals surface area contributed by atoms with E-state index in [9.17, 15) is 0 Å². The summed E-state index contributed by atoms with van der Waals surface area (Å²) in [6.45, 7) is 2.90.